The number of nitrogens with zero attached hydrogens (tertiary/aromatic N) is 2. The molecule has 0 unspecified atom stereocenters. The van der Waals surface area contributed by atoms with Crippen molar-refractivity contribution in [2.75, 3.05) is 0 Å². The molecule has 7 aromatic carbocycles. The minimum absolute atomic E-state index is 1.21. The molecule has 10 aromatic rings. The van der Waals surface area contributed by atoms with E-state index in [4.69, 9.17) is 0 Å². The Morgan fingerprint density at radius 2 is 0.773 bits per heavy atom. The van der Waals surface area contributed by atoms with Gasteiger partial charge in [-0.25, -0.2) is 0 Å². The average Bonchev–Trinajstić information content (AvgIpc) is 3.62. The maximum Gasteiger partial charge on any atom is 0.0795 e. The van der Waals surface area contributed by atoms with Crippen LogP contribution in [0.15, 0.2) is 158 Å². The number of para-hydroxylation sites is 2. The highest BCUT2D eigenvalue weighted by molar-refractivity contribution is 6.29. The van der Waals surface area contributed by atoms with E-state index in [1.807, 2.05) is 0 Å². The molecule has 0 aliphatic carbocycles. The van der Waals surface area contributed by atoms with Crippen molar-refractivity contribution >= 4 is 54.6 Å². The zero-order valence-electron chi connectivity index (χ0n) is 23.9. The molecule has 0 saturated carbocycles. The quantitative estimate of drug-likeness (QED) is 0.191. The first-order chi connectivity index (χ1) is 21.8. The van der Waals surface area contributed by atoms with Crippen molar-refractivity contribution in [3.05, 3.63) is 158 Å². The number of hydrogen-bond donors (Lipinski definition) is 0. The van der Waals surface area contributed by atoms with Crippen LogP contribution in [0.3, 0.4) is 0 Å². The van der Waals surface area contributed by atoms with Crippen LogP contribution < -0.4 is 0 Å². The molecular weight excluding hydrogens is 532 g/mol. The number of fused-ring (bicyclic) bond motifs is 9. The van der Waals surface area contributed by atoms with Crippen LogP contribution in [0, 0.1) is 0 Å². The molecule has 0 saturated heterocycles. The normalized spacial score (nSPS) is 12.1. The zero-order valence-corrected chi connectivity index (χ0v) is 23.9. The summed E-state index contributed by atoms with van der Waals surface area (Å²) in [6.07, 6.45) is 0. The summed E-state index contributed by atoms with van der Waals surface area (Å²) in [6.45, 7) is 0. The van der Waals surface area contributed by atoms with Crippen LogP contribution in [0.5, 0.6) is 0 Å². The van der Waals surface area contributed by atoms with Gasteiger partial charge in [-0.15, -0.1) is 0 Å². The topological polar surface area (TPSA) is 8.82 Å². The molecule has 2 nitrogen and oxygen atoms in total. The Bertz CT molecular complexity index is 2680. The van der Waals surface area contributed by atoms with Gasteiger partial charge in [-0.2, -0.15) is 0 Å². The van der Waals surface area contributed by atoms with Crippen LogP contribution in [-0.4, -0.2) is 8.80 Å². The van der Waals surface area contributed by atoms with Crippen molar-refractivity contribution < 1.29 is 0 Å². The molecule has 0 aliphatic rings. The van der Waals surface area contributed by atoms with Crippen LogP contribution in [-0.2, 0) is 0 Å². The third kappa shape index (κ3) is 3.14. The molecule has 0 radical (unpaired) electrons. The number of benzene rings is 7. The number of hydrogen-bond acceptors (Lipinski definition) is 0. The van der Waals surface area contributed by atoms with E-state index < -0.39 is 0 Å². The summed E-state index contributed by atoms with van der Waals surface area (Å²) >= 11 is 0. The molecule has 44 heavy (non-hydrogen) atoms. The van der Waals surface area contributed by atoms with Gasteiger partial charge < -0.3 is 8.80 Å². The Kier molecular flexibility index (Phi) is 4.75. The van der Waals surface area contributed by atoms with Crippen molar-refractivity contribution in [1.29, 1.82) is 0 Å². The maximum atomic E-state index is 2.51. The lowest BCUT2D eigenvalue weighted by molar-refractivity contribution is 1.26. The summed E-state index contributed by atoms with van der Waals surface area (Å²) in [5.41, 5.74) is 14.9. The molecule has 0 fully saturated rings. The Labute approximate surface area is 254 Å². The first-order valence-corrected chi connectivity index (χ1v) is 15.2. The van der Waals surface area contributed by atoms with Gasteiger partial charge in [0.15, 0.2) is 0 Å². The second-order valence-corrected chi connectivity index (χ2v) is 11.8. The van der Waals surface area contributed by atoms with Crippen molar-refractivity contribution in [2.45, 2.75) is 0 Å². The second-order valence-electron chi connectivity index (χ2n) is 11.8. The third-order valence-corrected chi connectivity index (χ3v) is 9.42. The van der Waals surface area contributed by atoms with E-state index in [1.165, 1.54) is 88.0 Å². The van der Waals surface area contributed by atoms with Crippen molar-refractivity contribution in [3.63, 3.8) is 0 Å². The van der Waals surface area contributed by atoms with E-state index in [0.29, 0.717) is 0 Å². The fourth-order valence-electron chi connectivity index (χ4n) is 7.51. The molecule has 3 heterocycles. The average molecular weight is 559 g/mol. The number of rotatable bonds is 3. The van der Waals surface area contributed by atoms with E-state index in [1.54, 1.807) is 0 Å². The molecule has 3 aromatic heterocycles. The summed E-state index contributed by atoms with van der Waals surface area (Å²) in [5, 5.41) is 5.14. The van der Waals surface area contributed by atoms with Gasteiger partial charge in [-0.1, -0.05) is 115 Å². The van der Waals surface area contributed by atoms with Crippen LogP contribution in [0.25, 0.3) is 88.0 Å². The standard InChI is InChI=1S/C42H26N2/c1-4-12-27(13-5-1)30-20-22-36-33(24-30)34-26-32(29-16-8-3-9-17-29)40-35-25-31(28-14-6-2-7-15-28)21-23-37(35)44-39-19-11-10-18-38(39)43(36)41(34)42(40)44/h1-26H. The van der Waals surface area contributed by atoms with Crippen molar-refractivity contribution in [2.24, 2.45) is 0 Å². The largest absolute Gasteiger partial charge is 0.305 e. The predicted octanol–water partition coefficient (Wildman–Crippen LogP) is 11.2. The van der Waals surface area contributed by atoms with Gasteiger partial charge in [0.25, 0.3) is 0 Å². The van der Waals surface area contributed by atoms with Gasteiger partial charge in [0.05, 0.1) is 33.1 Å². The molecule has 0 amide bonds. The maximum absolute atomic E-state index is 2.51. The minimum atomic E-state index is 1.21. The molecular formula is C42H26N2. The second kappa shape index (κ2) is 8.82. The summed E-state index contributed by atoms with van der Waals surface area (Å²) < 4.78 is 5.02. The monoisotopic (exact) mass is 558 g/mol. The molecule has 0 atom stereocenters. The van der Waals surface area contributed by atoms with E-state index >= 15 is 0 Å². The Morgan fingerprint density at radius 3 is 1.36 bits per heavy atom. The van der Waals surface area contributed by atoms with Crippen molar-refractivity contribution in [1.82, 2.24) is 8.80 Å². The van der Waals surface area contributed by atoms with Gasteiger partial charge >= 0.3 is 0 Å². The molecule has 2 heteroatoms. The van der Waals surface area contributed by atoms with E-state index in [2.05, 4.69) is 167 Å². The van der Waals surface area contributed by atoms with Gasteiger partial charge in [-0.05, 0) is 75.8 Å². The SMILES string of the molecule is c1ccc(-c2ccc3c(c2)c2cc(-c4ccccc4)c4c5cc(-c6ccccc6)ccc5n5c6ccccc6n3c2c45)cc1. The lowest BCUT2D eigenvalue weighted by Crippen LogP contribution is -1.97. The van der Waals surface area contributed by atoms with Gasteiger partial charge in [0, 0.05) is 21.5 Å². The minimum Gasteiger partial charge on any atom is -0.305 e. The number of aromatic nitrogens is 2. The van der Waals surface area contributed by atoms with Gasteiger partial charge in [0.1, 0.15) is 0 Å². The first kappa shape index (κ1) is 23.7. The van der Waals surface area contributed by atoms with E-state index in [9.17, 15) is 0 Å². The Balaban J connectivity index is 1.46. The molecule has 0 bridgehead atoms. The molecule has 0 aliphatic heterocycles. The molecule has 10 rings (SSSR count). The Morgan fingerprint density at radius 1 is 0.295 bits per heavy atom. The first-order valence-electron chi connectivity index (χ1n) is 15.2. The lowest BCUT2D eigenvalue weighted by atomic mass is 9.95. The van der Waals surface area contributed by atoms with Crippen LogP contribution in [0.1, 0.15) is 0 Å². The fourth-order valence-corrected chi connectivity index (χ4v) is 7.51. The molecule has 0 N–H and O–H groups in total. The Hall–Kier alpha value is -5.86. The summed E-state index contributed by atoms with van der Waals surface area (Å²) in [7, 11) is 0. The fraction of sp³-hybridized carbons (Fsp3) is 0. The van der Waals surface area contributed by atoms with Crippen LogP contribution >= 0.6 is 0 Å². The lowest BCUT2D eigenvalue weighted by Gasteiger charge is -2.13. The van der Waals surface area contributed by atoms with Crippen molar-refractivity contribution in [3.8, 4) is 33.4 Å². The van der Waals surface area contributed by atoms with Gasteiger partial charge in [-0.3, -0.25) is 0 Å². The molecule has 0 spiro atoms. The molecule has 204 valence electrons. The van der Waals surface area contributed by atoms with Gasteiger partial charge in [0.2, 0.25) is 0 Å². The van der Waals surface area contributed by atoms with E-state index in [-0.39, 0.29) is 0 Å². The highest BCUT2D eigenvalue weighted by atomic mass is 15.0. The summed E-state index contributed by atoms with van der Waals surface area (Å²) in [5.74, 6) is 0. The predicted molar refractivity (Wildman–Crippen MR) is 186 cm³/mol. The zero-order chi connectivity index (χ0) is 28.8. The summed E-state index contributed by atoms with van der Waals surface area (Å²) in [6, 6.07) is 57.6. The highest BCUT2D eigenvalue weighted by Gasteiger charge is 2.25. The summed E-state index contributed by atoms with van der Waals surface area (Å²) in [4.78, 5) is 0. The van der Waals surface area contributed by atoms with E-state index in [0.717, 1.165) is 0 Å². The highest BCUT2D eigenvalue weighted by Crippen LogP contribution is 2.47. The third-order valence-electron chi connectivity index (χ3n) is 9.42. The smallest absolute Gasteiger partial charge is 0.0795 e. The van der Waals surface area contributed by atoms with Crippen LogP contribution in [0.2, 0.25) is 0 Å². The van der Waals surface area contributed by atoms with Crippen LogP contribution in [0.4, 0.5) is 0 Å².